The zero-order valence-electron chi connectivity index (χ0n) is 21.9. The highest BCUT2D eigenvalue weighted by molar-refractivity contribution is 5.95. The minimum Gasteiger partial charge on any atom is -0.456 e. The first-order valence-corrected chi connectivity index (χ1v) is 13.3. The summed E-state index contributed by atoms with van der Waals surface area (Å²) in [6, 6.07) is 0. The molecule has 12 nitrogen and oxygen atoms in total. The van der Waals surface area contributed by atoms with Crippen molar-refractivity contribution in [3.63, 3.8) is 0 Å². The standard InChI is InChI=1S/2C13H18N2O4/c2*1-8-9(7-19-11(8)17)15-6-10(16)13(12(15)18)2-4-14-5-3-13/h2*10,14,16H,2-7H2,1H3/t2*10-/m10/s1. The number of aliphatic hydroxyl groups is 2. The maximum atomic E-state index is 12.7. The minimum atomic E-state index is -0.676. The molecule has 0 bridgehead atoms. The average Bonchev–Trinajstić information content (AvgIpc) is 3.58. The first-order valence-electron chi connectivity index (χ1n) is 13.3. The SMILES string of the molecule is CC1=C(N2C[C@@H](O)C3(CCNCC3)C2=O)COC1=O.CC1=C(N2C[C@H](O)C3(CCNCC3)C2=O)COC1=O. The number of nitrogens with one attached hydrogen (secondary N) is 2. The van der Waals surface area contributed by atoms with Gasteiger partial charge in [-0.3, -0.25) is 9.59 Å². The number of likely N-dealkylation sites (tertiary alicyclic amines) is 2. The zero-order chi connectivity index (χ0) is 27.2. The van der Waals surface area contributed by atoms with Gasteiger partial charge in [-0.15, -0.1) is 0 Å². The van der Waals surface area contributed by atoms with Crippen molar-refractivity contribution >= 4 is 23.8 Å². The molecule has 4 saturated heterocycles. The Balaban J connectivity index is 0.000000155. The van der Waals surface area contributed by atoms with Gasteiger partial charge in [0.1, 0.15) is 13.2 Å². The van der Waals surface area contributed by atoms with Crippen LogP contribution in [-0.4, -0.2) is 108 Å². The van der Waals surface area contributed by atoms with Crippen LogP contribution in [0.25, 0.3) is 0 Å². The molecule has 208 valence electrons. The highest BCUT2D eigenvalue weighted by Gasteiger charge is 2.56. The first kappa shape index (κ1) is 26.8. The number of carbonyl (C=O) groups is 4. The molecule has 6 aliphatic heterocycles. The number of piperidine rings is 2. The monoisotopic (exact) mass is 532 g/mol. The van der Waals surface area contributed by atoms with E-state index in [2.05, 4.69) is 10.6 Å². The van der Waals surface area contributed by atoms with Crippen molar-refractivity contribution in [1.29, 1.82) is 0 Å². The summed E-state index contributed by atoms with van der Waals surface area (Å²) >= 11 is 0. The summed E-state index contributed by atoms with van der Waals surface area (Å²) < 4.78 is 9.90. The van der Waals surface area contributed by atoms with E-state index >= 15 is 0 Å². The molecule has 6 aliphatic rings. The molecule has 12 heteroatoms. The van der Waals surface area contributed by atoms with E-state index in [1.807, 2.05) is 0 Å². The fraction of sp³-hybridized carbons (Fsp3) is 0.692. The van der Waals surface area contributed by atoms with Gasteiger partial charge in [-0.1, -0.05) is 0 Å². The van der Waals surface area contributed by atoms with Crippen molar-refractivity contribution in [2.24, 2.45) is 10.8 Å². The van der Waals surface area contributed by atoms with Gasteiger partial charge >= 0.3 is 11.9 Å². The van der Waals surface area contributed by atoms with Crippen molar-refractivity contribution in [2.45, 2.75) is 51.7 Å². The third-order valence-corrected chi connectivity index (χ3v) is 9.13. The maximum Gasteiger partial charge on any atom is 0.336 e. The Hall–Kier alpha value is -2.80. The molecule has 0 aromatic carbocycles. The molecule has 4 N–H and O–H groups in total. The van der Waals surface area contributed by atoms with Gasteiger partial charge in [0, 0.05) is 0 Å². The fourth-order valence-corrected chi connectivity index (χ4v) is 6.49. The molecule has 2 spiro atoms. The van der Waals surface area contributed by atoms with Crippen LogP contribution in [0.15, 0.2) is 22.5 Å². The van der Waals surface area contributed by atoms with Crippen LogP contribution in [0.5, 0.6) is 0 Å². The van der Waals surface area contributed by atoms with Crippen LogP contribution < -0.4 is 10.6 Å². The molecule has 0 aromatic rings. The molecule has 0 unspecified atom stereocenters. The van der Waals surface area contributed by atoms with Crippen LogP contribution >= 0.6 is 0 Å². The highest BCUT2D eigenvalue weighted by atomic mass is 16.5. The lowest BCUT2D eigenvalue weighted by Crippen LogP contribution is -2.47. The third-order valence-electron chi connectivity index (χ3n) is 9.13. The lowest BCUT2D eigenvalue weighted by atomic mass is 9.76. The molecule has 2 atom stereocenters. The van der Waals surface area contributed by atoms with E-state index in [9.17, 15) is 29.4 Å². The Morgan fingerprint density at radius 3 is 1.32 bits per heavy atom. The van der Waals surface area contributed by atoms with E-state index in [1.54, 1.807) is 23.6 Å². The molecule has 38 heavy (non-hydrogen) atoms. The van der Waals surface area contributed by atoms with Gasteiger partial charge in [0.05, 0.1) is 58.7 Å². The maximum absolute atomic E-state index is 12.7. The second-order valence-electron chi connectivity index (χ2n) is 11.0. The Morgan fingerprint density at radius 1 is 0.684 bits per heavy atom. The largest absolute Gasteiger partial charge is 0.456 e. The number of β-amino-alcohol motifs (C(OH)–C–C–N with tert-alkyl or cyclic N) is 2. The predicted octanol–water partition coefficient (Wildman–Crippen LogP) is -1.22. The number of hydrogen-bond donors (Lipinski definition) is 4. The number of aliphatic hydroxyl groups excluding tert-OH is 2. The molecule has 4 fully saturated rings. The number of cyclic esters (lactones) is 2. The smallest absolute Gasteiger partial charge is 0.336 e. The van der Waals surface area contributed by atoms with Crippen molar-refractivity contribution in [3.8, 4) is 0 Å². The average molecular weight is 533 g/mol. The van der Waals surface area contributed by atoms with E-state index in [4.69, 9.17) is 9.47 Å². The van der Waals surface area contributed by atoms with E-state index < -0.39 is 23.0 Å². The molecule has 2 amide bonds. The molecule has 6 heterocycles. The molecular formula is C26H36N4O8. The summed E-state index contributed by atoms with van der Waals surface area (Å²) in [4.78, 5) is 51.3. The van der Waals surface area contributed by atoms with Gasteiger partial charge in [-0.25, -0.2) is 9.59 Å². The normalized spacial score (nSPS) is 30.4. The van der Waals surface area contributed by atoms with Gasteiger partial charge in [-0.2, -0.15) is 0 Å². The predicted molar refractivity (Wildman–Crippen MR) is 132 cm³/mol. The third kappa shape index (κ3) is 4.14. The summed E-state index contributed by atoms with van der Waals surface area (Å²) in [6.07, 6.45) is 1.24. The summed E-state index contributed by atoms with van der Waals surface area (Å²) in [5.41, 5.74) is 0.834. The van der Waals surface area contributed by atoms with E-state index in [1.165, 1.54) is 0 Å². The van der Waals surface area contributed by atoms with Crippen molar-refractivity contribution < 1.29 is 38.9 Å². The van der Waals surface area contributed by atoms with Crippen molar-refractivity contribution in [3.05, 3.63) is 22.5 Å². The number of rotatable bonds is 2. The molecule has 0 aliphatic carbocycles. The number of esters is 2. The highest BCUT2D eigenvalue weighted by Crippen LogP contribution is 2.43. The van der Waals surface area contributed by atoms with Crippen LogP contribution in [0.4, 0.5) is 0 Å². The number of nitrogens with zero attached hydrogens (tertiary/aromatic N) is 2. The summed E-state index contributed by atoms with van der Waals surface area (Å²) in [5.74, 6) is -0.865. The van der Waals surface area contributed by atoms with Crippen LogP contribution in [-0.2, 0) is 28.7 Å². The zero-order valence-corrected chi connectivity index (χ0v) is 21.9. The van der Waals surface area contributed by atoms with Crippen LogP contribution in [0.3, 0.4) is 0 Å². The number of ether oxygens (including phenoxy) is 2. The van der Waals surface area contributed by atoms with Crippen molar-refractivity contribution in [1.82, 2.24) is 20.4 Å². The quantitative estimate of drug-likeness (QED) is 0.318. The topological polar surface area (TPSA) is 158 Å². The van der Waals surface area contributed by atoms with Gasteiger partial charge in [0.15, 0.2) is 0 Å². The van der Waals surface area contributed by atoms with Gasteiger partial charge in [0.25, 0.3) is 0 Å². The lowest BCUT2D eigenvalue weighted by Gasteiger charge is -2.34. The molecule has 0 radical (unpaired) electrons. The Kier molecular flexibility index (Phi) is 7.10. The number of carbonyl (C=O) groups excluding carboxylic acids is 4. The molecular weight excluding hydrogens is 496 g/mol. The molecule has 6 rings (SSSR count). The lowest BCUT2D eigenvalue weighted by molar-refractivity contribution is -0.139. The summed E-state index contributed by atoms with van der Waals surface area (Å²) in [6.45, 7) is 7.09. The van der Waals surface area contributed by atoms with Gasteiger partial charge in [-0.05, 0) is 65.7 Å². The Labute approximate surface area is 221 Å². The first-order chi connectivity index (χ1) is 18.1. The fourth-order valence-electron chi connectivity index (χ4n) is 6.49. The Morgan fingerprint density at radius 2 is 1.03 bits per heavy atom. The van der Waals surface area contributed by atoms with E-state index in [0.29, 0.717) is 48.2 Å². The number of hydrogen-bond acceptors (Lipinski definition) is 10. The molecule has 0 aromatic heterocycles. The second-order valence-corrected chi connectivity index (χ2v) is 11.0. The minimum absolute atomic E-state index is 0.0610. The van der Waals surface area contributed by atoms with Crippen molar-refractivity contribution in [2.75, 3.05) is 52.5 Å². The van der Waals surface area contributed by atoms with Gasteiger partial charge in [0.2, 0.25) is 11.8 Å². The number of amides is 2. The molecule has 0 saturated carbocycles. The summed E-state index contributed by atoms with van der Waals surface area (Å²) in [7, 11) is 0. The Bertz CT molecular complexity index is 1020. The van der Waals surface area contributed by atoms with Crippen LogP contribution in [0, 0.1) is 10.8 Å². The second kappa shape index (κ2) is 10.1. The van der Waals surface area contributed by atoms with Crippen LogP contribution in [0.2, 0.25) is 0 Å². The van der Waals surface area contributed by atoms with E-state index in [0.717, 1.165) is 26.2 Å². The van der Waals surface area contributed by atoms with E-state index in [-0.39, 0.29) is 50.1 Å². The van der Waals surface area contributed by atoms with Crippen LogP contribution in [0.1, 0.15) is 39.5 Å². The van der Waals surface area contributed by atoms with Gasteiger partial charge < -0.3 is 40.1 Å². The summed E-state index contributed by atoms with van der Waals surface area (Å²) in [5, 5.41) is 27.0.